The van der Waals surface area contributed by atoms with Crippen molar-refractivity contribution < 1.29 is 4.79 Å². The first-order valence-corrected chi connectivity index (χ1v) is 11.4. The quantitative estimate of drug-likeness (QED) is 0.362. The Bertz CT molecular complexity index is 982. The average Bonchev–Trinajstić information content (AvgIpc) is 3.02. The van der Waals surface area contributed by atoms with Gasteiger partial charge in [0.15, 0.2) is 10.3 Å². The summed E-state index contributed by atoms with van der Waals surface area (Å²) >= 11 is 20.1. The van der Waals surface area contributed by atoms with E-state index in [1.54, 1.807) is 42.6 Å². The number of pyridine rings is 1. The molecule has 1 aliphatic heterocycles. The molecule has 0 spiro atoms. The summed E-state index contributed by atoms with van der Waals surface area (Å²) in [4.78, 5) is 24.5. The smallest absolute Gasteiger partial charge is 0.267 e. The molecule has 2 aliphatic rings. The van der Waals surface area contributed by atoms with Crippen LogP contribution in [0.3, 0.4) is 0 Å². The molecule has 0 N–H and O–H groups in total. The van der Waals surface area contributed by atoms with E-state index in [1.165, 1.54) is 18.2 Å². The van der Waals surface area contributed by atoms with E-state index in [2.05, 4.69) is 9.98 Å². The summed E-state index contributed by atoms with van der Waals surface area (Å²) < 4.78 is 0. The van der Waals surface area contributed by atoms with E-state index in [0.29, 0.717) is 36.5 Å². The SMILES string of the molecule is O=C1/C(=C/c2c(Cl)cccc2Cl)SC(=Nc2cccnc2Cl)N1C1CCCCC1. The zero-order valence-electron chi connectivity index (χ0n) is 15.4. The first-order valence-electron chi connectivity index (χ1n) is 9.41. The third-order valence-corrected chi connectivity index (χ3v) is 6.94. The summed E-state index contributed by atoms with van der Waals surface area (Å²) in [7, 11) is 0. The molecule has 0 unspecified atom stereocenters. The van der Waals surface area contributed by atoms with Crippen LogP contribution in [0.5, 0.6) is 0 Å². The fourth-order valence-electron chi connectivity index (χ4n) is 3.57. The van der Waals surface area contributed by atoms with E-state index in [9.17, 15) is 4.79 Å². The highest BCUT2D eigenvalue weighted by Crippen LogP contribution is 2.40. The topological polar surface area (TPSA) is 45.6 Å². The molecule has 2 heterocycles. The summed E-state index contributed by atoms with van der Waals surface area (Å²) in [5.41, 5.74) is 1.18. The van der Waals surface area contributed by atoms with Gasteiger partial charge in [-0.1, -0.05) is 60.1 Å². The summed E-state index contributed by atoms with van der Waals surface area (Å²) in [6, 6.07) is 8.99. The summed E-state index contributed by atoms with van der Waals surface area (Å²) in [5, 5.41) is 1.93. The van der Waals surface area contributed by atoms with E-state index in [4.69, 9.17) is 34.8 Å². The third kappa shape index (κ3) is 4.48. The van der Waals surface area contributed by atoms with Crippen LogP contribution >= 0.6 is 46.6 Å². The number of aromatic nitrogens is 1. The number of benzene rings is 1. The molecule has 2 aromatic rings. The molecule has 1 saturated heterocycles. The predicted molar refractivity (Wildman–Crippen MR) is 122 cm³/mol. The molecular weight excluding hydrogens is 449 g/mol. The van der Waals surface area contributed by atoms with Gasteiger partial charge in [-0.3, -0.25) is 9.69 Å². The van der Waals surface area contributed by atoms with Crippen LogP contribution in [-0.4, -0.2) is 27.0 Å². The monoisotopic (exact) mass is 465 g/mol. The number of rotatable bonds is 3. The van der Waals surface area contributed by atoms with Crippen molar-refractivity contribution in [1.82, 2.24) is 9.88 Å². The van der Waals surface area contributed by atoms with E-state index in [1.807, 2.05) is 4.90 Å². The molecule has 1 saturated carbocycles. The number of nitrogens with zero attached hydrogens (tertiary/aromatic N) is 3. The van der Waals surface area contributed by atoms with Crippen molar-refractivity contribution in [3.8, 4) is 0 Å². The van der Waals surface area contributed by atoms with E-state index in [0.717, 1.165) is 25.7 Å². The molecule has 2 fully saturated rings. The normalized spacial score (nSPS) is 20.8. The third-order valence-electron chi connectivity index (χ3n) is 5.01. The molecule has 0 atom stereocenters. The lowest BCUT2D eigenvalue weighted by molar-refractivity contribution is -0.124. The summed E-state index contributed by atoms with van der Waals surface area (Å²) in [5.74, 6) is -0.0725. The molecule has 1 amide bonds. The number of amides is 1. The molecule has 4 nitrogen and oxygen atoms in total. The number of hydrogen-bond donors (Lipinski definition) is 0. The number of halogens is 3. The van der Waals surface area contributed by atoms with Crippen molar-refractivity contribution in [2.75, 3.05) is 0 Å². The van der Waals surface area contributed by atoms with Crippen LogP contribution in [0.15, 0.2) is 46.4 Å². The van der Waals surface area contributed by atoms with Gasteiger partial charge < -0.3 is 0 Å². The van der Waals surface area contributed by atoms with Gasteiger partial charge in [0.1, 0.15) is 5.69 Å². The highest BCUT2D eigenvalue weighted by molar-refractivity contribution is 8.18. The maximum atomic E-state index is 13.3. The summed E-state index contributed by atoms with van der Waals surface area (Å²) in [6.07, 6.45) is 8.71. The van der Waals surface area contributed by atoms with Crippen LogP contribution < -0.4 is 0 Å². The molecule has 1 aliphatic carbocycles. The highest BCUT2D eigenvalue weighted by atomic mass is 35.5. The Kier molecular flexibility index (Phi) is 6.50. The Balaban J connectivity index is 1.76. The fourth-order valence-corrected chi connectivity index (χ4v) is 5.27. The standard InChI is InChI=1S/C21H18Cl3N3OS/c22-15-8-4-9-16(23)14(15)12-18-20(28)27(13-6-2-1-3-7-13)21(29-18)26-17-10-5-11-25-19(17)24/h4-5,8-13H,1-3,6-7H2/b18-12-,26-21?. The molecule has 4 rings (SSSR count). The number of carbonyl (C=O) groups excluding carboxylic acids is 1. The van der Waals surface area contributed by atoms with Gasteiger partial charge in [-0.15, -0.1) is 0 Å². The highest BCUT2D eigenvalue weighted by Gasteiger charge is 2.39. The van der Waals surface area contributed by atoms with Gasteiger partial charge in [0, 0.05) is 27.8 Å². The second kappa shape index (κ2) is 9.09. The molecule has 1 aromatic heterocycles. The zero-order chi connectivity index (χ0) is 20.4. The zero-order valence-corrected chi connectivity index (χ0v) is 18.5. The Morgan fingerprint density at radius 3 is 2.48 bits per heavy atom. The van der Waals surface area contributed by atoms with Crippen LogP contribution in [0.4, 0.5) is 5.69 Å². The van der Waals surface area contributed by atoms with E-state index in [-0.39, 0.29) is 11.9 Å². The van der Waals surface area contributed by atoms with Crippen LogP contribution in [-0.2, 0) is 4.79 Å². The van der Waals surface area contributed by atoms with Crippen LogP contribution in [0.25, 0.3) is 6.08 Å². The molecule has 1 aromatic carbocycles. The number of amidine groups is 1. The number of thioether (sulfide) groups is 1. The maximum absolute atomic E-state index is 13.3. The Hall–Kier alpha value is -1.53. The minimum atomic E-state index is -0.0725. The molecule has 150 valence electrons. The lowest BCUT2D eigenvalue weighted by Gasteiger charge is -2.30. The molecule has 0 radical (unpaired) electrons. The van der Waals surface area contributed by atoms with E-state index < -0.39 is 0 Å². The van der Waals surface area contributed by atoms with Crippen molar-refractivity contribution in [2.45, 2.75) is 38.1 Å². The van der Waals surface area contributed by atoms with Gasteiger partial charge >= 0.3 is 0 Å². The van der Waals surface area contributed by atoms with Gasteiger partial charge in [0.2, 0.25) is 0 Å². The lowest BCUT2D eigenvalue weighted by atomic mass is 9.94. The first-order chi connectivity index (χ1) is 14.0. The Morgan fingerprint density at radius 2 is 1.79 bits per heavy atom. The molecule has 29 heavy (non-hydrogen) atoms. The maximum Gasteiger partial charge on any atom is 0.267 e. The number of hydrogen-bond acceptors (Lipinski definition) is 4. The van der Waals surface area contributed by atoms with Gasteiger partial charge in [0.25, 0.3) is 5.91 Å². The minimum absolute atomic E-state index is 0.0725. The predicted octanol–water partition coefficient (Wildman–Crippen LogP) is 6.98. The molecule has 0 bridgehead atoms. The van der Waals surface area contributed by atoms with Gasteiger partial charge in [-0.2, -0.15) is 0 Å². The lowest BCUT2D eigenvalue weighted by Crippen LogP contribution is -2.40. The van der Waals surface area contributed by atoms with Crippen molar-refractivity contribution in [2.24, 2.45) is 4.99 Å². The van der Waals surface area contributed by atoms with Crippen LogP contribution in [0, 0.1) is 0 Å². The number of aliphatic imine (C=N–C) groups is 1. The second-order valence-corrected chi connectivity index (χ2v) is 9.10. The minimum Gasteiger partial charge on any atom is -0.283 e. The Morgan fingerprint density at radius 1 is 1.07 bits per heavy atom. The van der Waals surface area contributed by atoms with Crippen LogP contribution in [0.1, 0.15) is 37.7 Å². The van der Waals surface area contributed by atoms with E-state index >= 15 is 0 Å². The van der Waals surface area contributed by atoms with Gasteiger partial charge in [0.05, 0.1) is 4.91 Å². The Labute approximate surface area is 189 Å². The fraction of sp³-hybridized carbons (Fsp3) is 0.286. The second-order valence-electron chi connectivity index (χ2n) is 6.92. The number of carbonyl (C=O) groups is 1. The van der Waals surface area contributed by atoms with Crippen molar-refractivity contribution >= 4 is 69.4 Å². The largest absolute Gasteiger partial charge is 0.283 e. The van der Waals surface area contributed by atoms with Gasteiger partial charge in [-0.05, 0) is 54.9 Å². The van der Waals surface area contributed by atoms with Crippen LogP contribution in [0.2, 0.25) is 15.2 Å². The van der Waals surface area contributed by atoms with Crippen molar-refractivity contribution in [1.29, 1.82) is 0 Å². The van der Waals surface area contributed by atoms with Crippen molar-refractivity contribution in [3.63, 3.8) is 0 Å². The molecular formula is C21H18Cl3N3OS. The summed E-state index contributed by atoms with van der Waals surface area (Å²) in [6.45, 7) is 0. The van der Waals surface area contributed by atoms with Gasteiger partial charge in [-0.25, -0.2) is 9.98 Å². The first kappa shape index (κ1) is 20.7. The van der Waals surface area contributed by atoms with Crippen molar-refractivity contribution in [3.05, 3.63) is 62.2 Å². The average molecular weight is 467 g/mol. The molecule has 8 heteroatoms.